The predicted molar refractivity (Wildman–Crippen MR) is 82.0 cm³/mol. The largest absolute Gasteiger partial charge is 0.249 e. The molecule has 1 heterocycles. The molecule has 1 aliphatic rings. The highest BCUT2D eigenvalue weighted by Gasteiger charge is 2.30. The van der Waals surface area contributed by atoms with Crippen LogP contribution in [-0.2, 0) is 0 Å². The van der Waals surface area contributed by atoms with Gasteiger partial charge in [-0.2, -0.15) is 12.6 Å². The molecule has 0 saturated heterocycles. The van der Waals surface area contributed by atoms with Crippen LogP contribution in [0.25, 0.3) is 0 Å². The first-order valence-corrected chi connectivity index (χ1v) is 8.50. The van der Waals surface area contributed by atoms with E-state index < -0.39 is 0 Å². The van der Waals surface area contributed by atoms with E-state index in [4.69, 9.17) is 0 Å². The maximum absolute atomic E-state index is 4.57. The molecule has 0 spiro atoms. The number of hydrogen-bond donors (Lipinski definition) is 1. The lowest BCUT2D eigenvalue weighted by Gasteiger charge is -2.35. The summed E-state index contributed by atoms with van der Waals surface area (Å²) in [6, 6.07) is 4.15. The van der Waals surface area contributed by atoms with E-state index >= 15 is 0 Å². The lowest BCUT2D eigenvalue weighted by Crippen LogP contribution is -2.28. The number of thioether (sulfide) groups is 1. The minimum Gasteiger partial charge on any atom is -0.249 e. The molecule has 0 aliphatic heterocycles. The zero-order valence-electron chi connectivity index (χ0n) is 9.86. The SMILES string of the molecule is SCC1(CSc2ccc(Br)cn2)CCCCC1. The van der Waals surface area contributed by atoms with Crippen molar-refractivity contribution in [3.8, 4) is 0 Å². The molecule has 0 radical (unpaired) electrons. The van der Waals surface area contributed by atoms with Crippen LogP contribution in [0.5, 0.6) is 0 Å². The van der Waals surface area contributed by atoms with Gasteiger partial charge in [0, 0.05) is 16.4 Å². The molecule has 2 rings (SSSR count). The summed E-state index contributed by atoms with van der Waals surface area (Å²) in [6.07, 6.45) is 8.68. The highest BCUT2D eigenvalue weighted by molar-refractivity contribution is 9.10. The third-order valence-corrected chi connectivity index (χ3v) is 5.91. The van der Waals surface area contributed by atoms with E-state index in [1.54, 1.807) is 0 Å². The van der Waals surface area contributed by atoms with Gasteiger partial charge in [-0.15, -0.1) is 11.8 Å². The lowest BCUT2D eigenvalue weighted by atomic mass is 9.77. The molecule has 1 saturated carbocycles. The highest BCUT2D eigenvalue weighted by atomic mass is 79.9. The lowest BCUT2D eigenvalue weighted by molar-refractivity contribution is 0.258. The second-order valence-corrected chi connectivity index (χ2v) is 7.05. The van der Waals surface area contributed by atoms with Crippen LogP contribution in [0.2, 0.25) is 0 Å². The van der Waals surface area contributed by atoms with Crippen molar-refractivity contribution in [2.24, 2.45) is 5.41 Å². The van der Waals surface area contributed by atoms with Gasteiger partial charge in [-0.25, -0.2) is 4.98 Å². The molecule has 1 nitrogen and oxygen atoms in total. The maximum Gasteiger partial charge on any atom is 0.0960 e. The first kappa shape index (κ1) is 13.8. The Kier molecular flexibility index (Phi) is 5.25. The van der Waals surface area contributed by atoms with Gasteiger partial charge in [-0.1, -0.05) is 19.3 Å². The van der Waals surface area contributed by atoms with E-state index in [1.807, 2.05) is 18.0 Å². The van der Waals surface area contributed by atoms with Crippen molar-refractivity contribution in [1.82, 2.24) is 4.98 Å². The molecule has 0 aromatic carbocycles. The topological polar surface area (TPSA) is 12.9 Å². The molecule has 94 valence electrons. The van der Waals surface area contributed by atoms with Gasteiger partial charge in [0.25, 0.3) is 0 Å². The number of nitrogens with zero attached hydrogens (tertiary/aromatic N) is 1. The molecule has 0 bridgehead atoms. The van der Waals surface area contributed by atoms with Crippen molar-refractivity contribution in [2.75, 3.05) is 11.5 Å². The maximum atomic E-state index is 4.57. The summed E-state index contributed by atoms with van der Waals surface area (Å²) in [4.78, 5) is 4.42. The van der Waals surface area contributed by atoms with E-state index in [0.29, 0.717) is 5.41 Å². The van der Waals surface area contributed by atoms with E-state index in [1.165, 1.54) is 32.1 Å². The van der Waals surface area contributed by atoms with Gasteiger partial charge in [-0.05, 0) is 52.1 Å². The fraction of sp³-hybridized carbons (Fsp3) is 0.615. The normalized spacial score (nSPS) is 19.2. The van der Waals surface area contributed by atoms with Crippen LogP contribution < -0.4 is 0 Å². The van der Waals surface area contributed by atoms with E-state index in [2.05, 4.69) is 45.7 Å². The summed E-state index contributed by atoms with van der Waals surface area (Å²) in [5.41, 5.74) is 0.445. The molecule has 1 fully saturated rings. The number of halogens is 1. The molecule has 0 N–H and O–H groups in total. The van der Waals surface area contributed by atoms with Crippen molar-refractivity contribution in [2.45, 2.75) is 37.1 Å². The number of thiol groups is 1. The van der Waals surface area contributed by atoms with Crippen LogP contribution in [0.1, 0.15) is 32.1 Å². The van der Waals surface area contributed by atoms with Crippen LogP contribution in [0, 0.1) is 5.41 Å². The Labute approximate surface area is 122 Å². The van der Waals surface area contributed by atoms with Crippen molar-refractivity contribution in [1.29, 1.82) is 0 Å². The Balaban J connectivity index is 1.93. The molecule has 1 aromatic heterocycles. The van der Waals surface area contributed by atoms with Gasteiger partial charge >= 0.3 is 0 Å². The number of aromatic nitrogens is 1. The number of rotatable bonds is 4. The molecule has 1 aromatic rings. The molecule has 17 heavy (non-hydrogen) atoms. The number of hydrogen-bond acceptors (Lipinski definition) is 3. The zero-order chi connectivity index (χ0) is 12.1. The molecule has 0 atom stereocenters. The van der Waals surface area contributed by atoms with Gasteiger partial charge in [0.05, 0.1) is 5.03 Å². The van der Waals surface area contributed by atoms with Crippen molar-refractivity contribution in [3.05, 3.63) is 22.8 Å². The van der Waals surface area contributed by atoms with Gasteiger partial charge in [0.1, 0.15) is 0 Å². The second-order valence-electron chi connectivity index (χ2n) is 4.82. The molecular weight excluding hydrogens is 314 g/mol. The van der Waals surface area contributed by atoms with Gasteiger partial charge in [-0.3, -0.25) is 0 Å². The van der Waals surface area contributed by atoms with Crippen LogP contribution in [0.3, 0.4) is 0 Å². The first-order valence-electron chi connectivity index (χ1n) is 6.09. The van der Waals surface area contributed by atoms with Crippen LogP contribution in [0.4, 0.5) is 0 Å². The summed E-state index contributed by atoms with van der Waals surface area (Å²) >= 11 is 9.86. The Morgan fingerprint density at radius 3 is 2.65 bits per heavy atom. The third kappa shape index (κ3) is 3.90. The Bertz CT molecular complexity index is 347. The average Bonchev–Trinajstić information content (AvgIpc) is 2.39. The Morgan fingerprint density at radius 1 is 1.29 bits per heavy atom. The summed E-state index contributed by atoms with van der Waals surface area (Å²) < 4.78 is 1.04. The van der Waals surface area contributed by atoms with Crippen LogP contribution >= 0.6 is 40.3 Å². The fourth-order valence-corrected chi connectivity index (χ4v) is 4.27. The zero-order valence-corrected chi connectivity index (χ0v) is 13.2. The quantitative estimate of drug-likeness (QED) is 0.627. The van der Waals surface area contributed by atoms with E-state index in [0.717, 1.165) is 21.0 Å². The van der Waals surface area contributed by atoms with Gasteiger partial charge < -0.3 is 0 Å². The van der Waals surface area contributed by atoms with Crippen LogP contribution in [0.15, 0.2) is 27.8 Å². The summed E-state index contributed by atoms with van der Waals surface area (Å²) in [7, 11) is 0. The van der Waals surface area contributed by atoms with Crippen LogP contribution in [-0.4, -0.2) is 16.5 Å². The van der Waals surface area contributed by atoms with Gasteiger partial charge in [0.15, 0.2) is 0 Å². The molecule has 0 unspecified atom stereocenters. The summed E-state index contributed by atoms with van der Waals surface area (Å²) in [5, 5.41) is 1.12. The predicted octanol–water partition coefficient (Wildman–Crippen LogP) is 4.82. The summed E-state index contributed by atoms with van der Waals surface area (Å²) in [6.45, 7) is 0. The monoisotopic (exact) mass is 331 g/mol. The smallest absolute Gasteiger partial charge is 0.0960 e. The molecule has 0 amide bonds. The highest BCUT2D eigenvalue weighted by Crippen LogP contribution is 2.41. The molecule has 4 heteroatoms. The minimum absolute atomic E-state index is 0.445. The second kappa shape index (κ2) is 6.48. The Morgan fingerprint density at radius 2 is 2.06 bits per heavy atom. The minimum atomic E-state index is 0.445. The first-order chi connectivity index (χ1) is 8.24. The van der Waals surface area contributed by atoms with Gasteiger partial charge in [0.2, 0.25) is 0 Å². The van der Waals surface area contributed by atoms with E-state index in [9.17, 15) is 0 Å². The van der Waals surface area contributed by atoms with Crippen molar-refractivity contribution < 1.29 is 0 Å². The molecular formula is C13H18BrNS2. The van der Waals surface area contributed by atoms with Crippen molar-refractivity contribution in [3.63, 3.8) is 0 Å². The van der Waals surface area contributed by atoms with E-state index in [-0.39, 0.29) is 0 Å². The Hall–Kier alpha value is 0.330. The summed E-state index contributed by atoms with van der Waals surface area (Å²) in [5.74, 6) is 2.17. The molecule has 1 aliphatic carbocycles. The standard InChI is InChI=1S/C13H18BrNS2/c14-11-4-5-12(15-8-11)17-10-13(9-16)6-2-1-3-7-13/h4-5,8,16H,1-3,6-7,9-10H2. The fourth-order valence-electron chi connectivity index (χ4n) is 2.32. The number of pyridine rings is 1. The van der Waals surface area contributed by atoms with Crippen molar-refractivity contribution >= 4 is 40.3 Å². The third-order valence-electron chi connectivity index (χ3n) is 3.48. The average molecular weight is 332 g/mol.